The van der Waals surface area contributed by atoms with Crippen molar-refractivity contribution >= 4 is 41.8 Å². The summed E-state index contributed by atoms with van der Waals surface area (Å²) in [7, 11) is 1.69. The molecule has 1 aliphatic rings. The molecule has 2 N–H and O–H groups in total. The van der Waals surface area contributed by atoms with Crippen LogP contribution in [0.5, 0.6) is 0 Å². The van der Waals surface area contributed by atoms with Gasteiger partial charge in [0.05, 0.1) is 6.54 Å². The summed E-state index contributed by atoms with van der Waals surface area (Å²) >= 11 is 0. The number of pyridine rings is 1. The minimum atomic E-state index is -0.521. The summed E-state index contributed by atoms with van der Waals surface area (Å²) in [6, 6.07) is 3.16. The molecule has 0 bridgehead atoms. The molecule has 0 aromatic carbocycles. The lowest BCUT2D eigenvalue weighted by atomic mass is 10.2. The van der Waals surface area contributed by atoms with Gasteiger partial charge in [0.25, 0.3) is 0 Å². The van der Waals surface area contributed by atoms with E-state index in [9.17, 15) is 9.18 Å². The molecule has 1 fully saturated rings. The third-order valence-corrected chi connectivity index (χ3v) is 4.32. The molecule has 0 aliphatic carbocycles. The van der Waals surface area contributed by atoms with E-state index in [1.165, 1.54) is 11.0 Å². The lowest BCUT2D eigenvalue weighted by Crippen LogP contribution is -2.45. The van der Waals surface area contributed by atoms with Crippen LogP contribution in [0.15, 0.2) is 23.3 Å². The smallest absolute Gasteiger partial charge is 0.410 e. The summed E-state index contributed by atoms with van der Waals surface area (Å²) in [6.07, 6.45) is 2.10. The Kier molecular flexibility index (Phi) is 10.6. The van der Waals surface area contributed by atoms with Crippen LogP contribution in [0.25, 0.3) is 0 Å². The summed E-state index contributed by atoms with van der Waals surface area (Å²) < 4.78 is 19.3. The molecule has 10 heteroatoms. The maximum Gasteiger partial charge on any atom is 0.410 e. The summed E-state index contributed by atoms with van der Waals surface area (Å²) in [5.74, 6) is 0.759. The quantitative estimate of drug-likeness (QED) is 0.331. The largest absolute Gasteiger partial charge is 0.444 e. The fraction of sp³-hybridized carbons (Fsp3) is 0.650. The highest BCUT2D eigenvalue weighted by Crippen LogP contribution is 2.20. The van der Waals surface area contributed by atoms with Crippen LogP contribution >= 0.6 is 24.0 Å². The van der Waals surface area contributed by atoms with Gasteiger partial charge in [-0.25, -0.2) is 14.2 Å². The number of aromatic nitrogens is 1. The molecule has 2 heterocycles. The van der Waals surface area contributed by atoms with Crippen molar-refractivity contribution in [2.75, 3.05) is 44.7 Å². The number of guanidine groups is 1. The number of nitrogens with zero attached hydrogens (tertiary/aromatic N) is 4. The SMILES string of the molecule is CCNC(=NCCN(C)C(=O)OC(C)(C)C)NC1CCN(c2ncccc2F)C1.I. The number of ether oxygens (including phenoxy) is 1. The van der Waals surface area contributed by atoms with Crippen molar-refractivity contribution < 1.29 is 13.9 Å². The zero-order chi connectivity index (χ0) is 21.4. The van der Waals surface area contributed by atoms with Gasteiger partial charge in [-0.2, -0.15) is 0 Å². The maximum absolute atomic E-state index is 14.0. The molecule has 1 amide bonds. The average molecular weight is 536 g/mol. The highest BCUT2D eigenvalue weighted by molar-refractivity contribution is 14.0. The van der Waals surface area contributed by atoms with Gasteiger partial charge in [0.15, 0.2) is 17.6 Å². The zero-order valence-corrected chi connectivity index (χ0v) is 20.8. The number of halogens is 2. The van der Waals surface area contributed by atoms with E-state index in [2.05, 4.69) is 20.6 Å². The highest BCUT2D eigenvalue weighted by Gasteiger charge is 2.26. The second-order valence-corrected chi connectivity index (χ2v) is 8.05. The first-order valence-electron chi connectivity index (χ1n) is 10.0. The molecule has 1 aromatic rings. The van der Waals surface area contributed by atoms with Gasteiger partial charge in [0, 0.05) is 45.5 Å². The van der Waals surface area contributed by atoms with E-state index in [0.717, 1.165) is 19.5 Å². The van der Waals surface area contributed by atoms with E-state index < -0.39 is 5.60 Å². The van der Waals surface area contributed by atoms with Crippen molar-refractivity contribution in [2.24, 2.45) is 4.99 Å². The fourth-order valence-corrected chi connectivity index (χ4v) is 2.94. The fourth-order valence-electron chi connectivity index (χ4n) is 2.94. The van der Waals surface area contributed by atoms with Crippen LogP contribution in [-0.2, 0) is 4.74 Å². The molecule has 0 saturated carbocycles. The minimum absolute atomic E-state index is 0. The first-order valence-corrected chi connectivity index (χ1v) is 10.0. The molecule has 1 saturated heterocycles. The Morgan fingerprint density at radius 2 is 2.20 bits per heavy atom. The molecule has 0 spiro atoms. The van der Waals surface area contributed by atoms with Crippen molar-refractivity contribution in [2.45, 2.75) is 45.8 Å². The number of carbonyl (C=O) groups excluding carboxylic acids is 1. The Morgan fingerprint density at radius 3 is 2.83 bits per heavy atom. The standard InChI is InChI=1S/C20H33FN6O2.HI/c1-6-22-18(24-11-13-26(5)19(28)29-20(2,3)4)25-15-9-12-27(14-15)17-16(21)8-7-10-23-17;/h7-8,10,15H,6,9,11-14H2,1-5H3,(H2,22,24,25);1H. The van der Waals surface area contributed by atoms with Gasteiger partial charge in [-0.05, 0) is 46.2 Å². The molecule has 2 rings (SSSR count). The zero-order valence-electron chi connectivity index (χ0n) is 18.4. The van der Waals surface area contributed by atoms with E-state index in [1.54, 1.807) is 19.3 Å². The predicted octanol–water partition coefficient (Wildman–Crippen LogP) is 2.84. The Morgan fingerprint density at radius 1 is 1.47 bits per heavy atom. The number of aliphatic imine (C=N–C) groups is 1. The molecule has 1 aromatic heterocycles. The second kappa shape index (κ2) is 12.1. The van der Waals surface area contributed by atoms with E-state index in [1.807, 2.05) is 32.6 Å². The summed E-state index contributed by atoms with van der Waals surface area (Å²) in [5.41, 5.74) is -0.521. The first-order chi connectivity index (χ1) is 13.7. The normalized spacial score (nSPS) is 16.7. The predicted molar refractivity (Wildman–Crippen MR) is 128 cm³/mol. The number of nitrogens with one attached hydrogen (secondary N) is 2. The number of anilines is 1. The van der Waals surface area contributed by atoms with Crippen LogP contribution in [0.3, 0.4) is 0 Å². The molecule has 0 radical (unpaired) electrons. The Bertz CT molecular complexity index is 713. The number of rotatable bonds is 6. The van der Waals surface area contributed by atoms with E-state index in [0.29, 0.717) is 31.4 Å². The third-order valence-electron chi connectivity index (χ3n) is 4.32. The van der Waals surface area contributed by atoms with Gasteiger partial charge >= 0.3 is 6.09 Å². The van der Waals surface area contributed by atoms with Crippen LogP contribution in [0.4, 0.5) is 15.0 Å². The second-order valence-electron chi connectivity index (χ2n) is 8.05. The molecular weight excluding hydrogens is 502 g/mol. The Balaban J connectivity index is 0.00000450. The number of carbonyl (C=O) groups is 1. The first kappa shape index (κ1) is 26.2. The van der Waals surface area contributed by atoms with Gasteiger partial charge in [-0.1, -0.05) is 0 Å². The molecule has 30 heavy (non-hydrogen) atoms. The van der Waals surface area contributed by atoms with Crippen LogP contribution in [0, 0.1) is 5.82 Å². The molecule has 8 nitrogen and oxygen atoms in total. The van der Waals surface area contributed by atoms with Gasteiger partial charge in [0.2, 0.25) is 0 Å². The molecule has 1 atom stereocenters. The summed E-state index contributed by atoms with van der Waals surface area (Å²) in [4.78, 5) is 24.2. The van der Waals surface area contributed by atoms with E-state index in [4.69, 9.17) is 4.74 Å². The van der Waals surface area contributed by atoms with Crippen molar-refractivity contribution in [1.82, 2.24) is 20.5 Å². The number of likely N-dealkylation sites (N-methyl/N-ethyl adjacent to an activating group) is 1. The van der Waals surface area contributed by atoms with E-state index in [-0.39, 0.29) is 41.9 Å². The topological polar surface area (TPSA) is 82.1 Å². The Hall–Kier alpha value is -1.85. The minimum Gasteiger partial charge on any atom is -0.444 e. The van der Waals surface area contributed by atoms with Crippen molar-refractivity contribution in [1.29, 1.82) is 0 Å². The van der Waals surface area contributed by atoms with Crippen molar-refractivity contribution in [3.8, 4) is 0 Å². The van der Waals surface area contributed by atoms with Crippen molar-refractivity contribution in [3.05, 3.63) is 24.1 Å². The maximum atomic E-state index is 14.0. The lowest BCUT2D eigenvalue weighted by Gasteiger charge is -2.24. The third kappa shape index (κ3) is 8.49. The van der Waals surface area contributed by atoms with Crippen LogP contribution in [0.1, 0.15) is 34.1 Å². The van der Waals surface area contributed by atoms with Crippen LogP contribution in [0.2, 0.25) is 0 Å². The summed E-state index contributed by atoms with van der Waals surface area (Å²) in [6.45, 7) is 10.5. The molecule has 170 valence electrons. The molecule has 1 unspecified atom stereocenters. The van der Waals surface area contributed by atoms with Gasteiger partial charge in [0.1, 0.15) is 5.60 Å². The van der Waals surface area contributed by atoms with Gasteiger partial charge in [-0.15, -0.1) is 24.0 Å². The van der Waals surface area contributed by atoms with Gasteiger partial charge in [-0.3, -0.25) is 4.99 Å². The monoisotopic (exact) mass is 536 g/mol. The summed E-state index contributed by atoms with van der Waals surface area (Å²) in [5, 5.41) is 6.60. The molecular formula is C20H34FIN6O2. The number of hydrogen-bond acceptors (Lipinski definition) is 5. The average Bonchev–Trinajstić information content (AvgIpc) is 3.09. The van der Waals surface area contributed by atoms with Crippen LogP contribution < -0.4 is 15.5 Å². The van der Waals surface area contributed by atoms with Gasteiger partial charge < -0.3 is 25.2 Å². The highest BCUT2D eigenvalue weighted by atomic mass is 127. The van der Waals surface area contributed by atoms with E-state index >= 15 is 0 Å². The number of hydrogen-bond donors (Lipinski definition) is 2. The Labute approximate surface area is 195 Å². The van der Waals surface area contributed by atoms with Crippen molar-refractivity contribution in [3.63, 3.8) is 0 Å². The number of amides is 1. The molecule has 1 aliphatic heterocycles. The van der Waals surface area contributed by atoms with Crippen LogP contribution in [-0.4, -0.2) is 73.4 Å². The lowest BCUT2D eigenvalue weighted by molar-refractivity contribution is 0.0304.